The van der Waals surface area contributed by atoms with Crippen molar-refractivity contribution in [3.8, 4) is 0 Å². The number of unbranched alkanes of at least 4 members (excludes halogenated alkanes) is 1. The number of hydrogen-bond acceptors (Lipinski definition) is 2. The second-order valence-corrected chi connectivity index (χ2v) is 3.11. The zero-order chi connectivity index (χ0) is 10.2. The van der Waals surface area contributed by atoms with Crippen molar-refractivity contribution in [1.82, 2.24) is 0 Å². The molecular weight excluding hydrogens is 201 g/mol. The van der Waals surface area contributed by atoms with Gasteiger partial charge in [0.25, 0.3) is 0 Å². The standard InChI is InChI=1S/C11H15NO2.Na.H/c12-11(13)14-9-5-4-8-10-6-2-1-3-7-10;;/h1-3,6-7H,4-5,8-9H2,(H2,12,13);;. The van der Waals surface area contributed by atoms with Crippen molar-refractivity contribution in [3.63, 3.8) is 0 Å². The van der Waals surface area contributed by atoms with E-state index in [1.165, 1.54) is 5.56 Å². The molecular formula is C11H16NNaO2. The average Bonchev–Trinajstić information content (AvgIpc) is 2.18. The van der Waals surface area contributed by atoms with Gasteiger partial charge in [-0.15, -0.1) is 0 Å². The molecule has 0 aliphatic rings. The molecule has 3 nitrogen and oxygen atoms in total. The first kappa shape index (κ1) is 14.5. The molecule has 0 spiro atoms. The van der Waals surface area contributed by atoms with Gasteiger partial charge in [0, 0.05) is 0 Å². The minimum absolute atomic E-state index is 0. The summed E-state index contributed by atoms with van der Waals surface area (Å²) < 4.78 is 4.62. The van der Waals surface area contributed by atoms with Gasteiger partial charge in [-0.2, -0.15) is 0 Å². The normalized spacial score (nSPS) is 9.07. The first-order chi connectivity index (χ1) is 6.79. The summed E-state index contributed by atoms with van der Waals surface area (Å²) in [5, 5.41) is 0. The summed E-state index contributed by atoms with van der Waals surface area (Å²) in [6.07, 6.45) is 2.20. The van der Waals surface area contributed by atoms with Crippen LogP contribution in [-0.4, -0.2) is 42.3 Å². The fraction of sp³-hybridized carbons (Fsp3) is 0.364. The maximum absolute atomic E-state index is 10.2. The summed E-state index contributed by atoms with van der Waals surface area (Å²) >= 11 is 0. The van der Waals surface area contributed by atoms with E-state index >= 15 is 0 Å². The molecule has 0 saturated carbocycles. The van der Waals surface area contributed by atoms with E-state index < -0.39 is 6.09 Å². The van der Waals surface area contributed by atoms with Crippen molar-refractivity contribution >= 4 is 35.7 Å². The molecule has 4 heteroatoms. The van der Waals surface area contributed by atoms with Crippen molar-refractivity contribution in [2.45, 2.75) is 19.3 Å². The van der Waals surface area contributed by atoms with Gasteiger partial charge in [0.05, 0.1) is 6.61 Å². The van der Waals surface area contributed by atoms with E-state index in [4.69, 9.17) is 5.73 Å². The molecule has 0 radical (unpaired) electrons. The Labute approximate surface area is 112 Å². The van der Waals surface area contributed by atoms with Gasteiger partial charge in [-0.25, -0.2) is 4.79 Å². The quantitative estimate of drug-likeness (QED) is 0.599. The number of primary amides is 1. The summed E-state index contributed by atoms with van der Waals surface area (Å²) in [5.41, 5.74) is 6.14. The Morgan fingerprint density at radius 3 is 2.47 bits per heavy atom. The van der Waals surface area contributed by atoms with Gasteiger partial charge in [-0.05, 0) is 24.8 Å². The zero-order valence-corrected chi connectivity index (χ0v) is 8.11. The fourth-order valence-electron chi connectivity index (χ4n) is 1.25. The van der Waals surface area contributed by atoms with Crippen LogP contribution in [0.25, 0.3) is 0 Å². The van der Waals surface area contributed by atoms with Crippen LogP contribution in [0.1, 0.15) is 18.4 Å². The van der Waals surface area contributed by atoms with Crippen LogP contribution in [0.5, 0.6) is 0 Å². The molecule has 78 valence electrons. The summed E-state index contributed by atoms with van der Waals surface area (Å²) in [6.45, 7) is 0.419. The van der Waals surface area contributed by atoms with Crippen molar-refractivity contribution in [1.29, 1.82) is 0 Å². The number of carbonyl (C=O) groups excluding carboxylic acids is 1. The van der Waals surface area contributed by atoms with E-state index in [1.54, 1.807) is 0 Å². The molecule has 1 rings (SSSR count). The molecule has 0 heterocycles. The van der Waals surface area contributed by atoms with E-state index in [0.717, 1.165) is 19.3 Å². The first-order valence-corrected chi connectivity index (χ1v) is 4.75. The zero-order valence-electron chi connectivity index (χ0n) is 8.11. The molecule has 0 aromatic heterocycles. The predicted molar refractivity (Wildman–Crippen MR) is 62.1 cm³/mol. The third-order valence-corrected chi connectivity index (χ3v) is 1.95. The minimum atomic E-state index is -0.690. The molecule has 0 bridgehead atoms. The molecule has 15 heavy (non-hydrogen) atoms. The van der Waals surface area contributed by atoms with E-state index in [0.29, 0.717) is 6.61 Å². The van der Waals surface area contributed by atoms with Crippen LogP contribution in [0, 0.1) is 0 Å². The Morgan fingerprint density at radius 1 is 1.20 bits per heavy atom. The molecule has 0 aliphatic heterocycles. The molecule has 0 unspecified atom stereocenters. The number of carbonyl (C=O) groups is 1. The second-order valence-electron chi connectivity index (χ2n) is 3.11. The van der Waals surface area contributed by atoms with Gasteiger partial charge in [0.1, 0.15) is 0 Å². The number of aryl methyl sites for hydroxylation is 1. The Balaban J connectivity index is 0.00000196. The van der Waals surface area contributed by atoms with Crippen molar-refractivity contribution < 1.29 is 9.53 Å². The average molecular weight is 217 g/mol. The van der Waals surface area contributed by atoms with Crippen molar-refractivity contribution in [2.24, 2.45) is 5.73 Å². The number of amides is 1. The second kappa shape index (κ2) is 8.77. The van der Waals surface area contributed by atoms with Gasteiger partial charge in [-0.3, -0.25) is 0 Å². The number of hydrogen-bond donors (Lipinski definition) is 1. The summed E-state index contributed by atoms with van der Waals surface area (Å²) in [7, 11) is 0. The van der Waals surface area contributed by atoms with Gasteiger partial charge in [-0.1, -0.05) is 30.3 Å². The number of rotatable bonds is 5. The molecule has 1 amide bonds. The predicted octanol–water partition coefficient (Wildman–Crippen LogP) is 1.46. The summed E-state index contributed by atoms with van der Waals surface area (Å²) in [4.78, 5) is 10.2. The number of ether oxygens (including phenoxy) is 1. The third-order valence-electron chi connectivity index (χ3n) is 1.95. The summed E-state index contributed by atoms with van der Waals surface area (Å²) in [6, 6.07) is 10.2. The Bertz CT molecular complexity index is 277. The van der Waals surface area contributed by atoms with Gasteiger partial charge in [0.15, 0.2) is 0 Å². The van der Waals surface area contributed by atoms with E-state index in [-0.39, 0.29) is 29.6 Å². The van der Waals surface area contributed by atoms with Gasteiger partial charge < -0.3 is 10.5 Å². The molecule has 2 N–H and O–H groups in total. The topological polar surface area (TPSA) is 52.3 Å². The van der Waals surface area contributed by atoms with E-state index in [1.807, 2.05) is 18.2 Å². The molecule has 0 aliphatic carbocycles. The van der Waals surface area contributed by atoms with E-state index in [2.05, 4.69) is 16.9 Å². The van der Waals surface area contributed by atoms with Crippen LogP contribution in [0.3, 0.4) is 0 Å². The van der Waals surface area contributed by atoms with E-state index in [9.17, 15) is 4.79 Å². The van der Waals surface area contributed by atoms with Crippen LogP contribution >= 0.6 is 0 Å². The monoisotopic (exact) mass is 217 g/mol. The van der Waals surface area contributed by atoms with Crippen molar-refractivity contribution in [3.05, 3.63) is 35.9 Å². The number of nitrogens with two attached hydrogens (primary N) is 1. The first-order valence-electron chi connectivity index (χ1n) is 4.75. The van der Waals surface area contributed by atoms with Gasteiger partial charge >= 0.3 is 35.7 Å². The SMILES string of the molecule is NC(=O)OCCCCc1ccccc1.[NaH]. The summed E-state index contributed by atoms with van der Waals surface area (Å²) in [5.74, 6) is 0. The molecule has 1 aromatic carbocycles. The Kier molecular flexibility index (Phi) is 8.47. The van der Waals surface area contributed by atoms with Gasteiger partial charge in [0.2, 0.25) is 0 Å². The van der Waals surface area contributed by atoms with Crippen molar-refractivity contribution in [2.75, 3.05) is 6.61 Å². The molecule has 0 saturated heterocycles. The van der Waals surface area contributed by atoms with Crippen LogP contribution in [-0.2, 0) is 11.2 Å². The Morgan fingerprint density at radius 2 is 1.87 bits per heavy atom. The fourth-order valence-corrected chi connectivity index (χ4v) is 1.25. The van der Waals surface area contributed by atoms with Crippen LogP contribution in [0.15, 0.2) is 30.3 Å². The maximum atomic E-state index is 10.2. The third kappa shape index (κ3) is 7.42. The Hall–Kier alpha value is -0.510. The van der Waals surface area contributed by atoms with Crippen LogP contribution < -0.4 is 5.73 Å². The molecule has 0 fully saturated rings. The molecule has 0 atom stereocenters. The number of benzene rings is 1. The van der Waals surface area contributed by atoms with Crippen LogP contribution in [0.4, 0.5) is 4.79 Å². The van der Waals surface area contributed by atoms with Crippen LogP contribution in [0.2, 0.25) is 0 Å². The molecule has 1 aromatic rings.